The number of nitrogens with zero attached hydrogens (tertiary/aromatic N) is 1. The average Bonchev–Trinajstić information content (AvgIpc) is 2.55. The van der Waals surface area contributed by atoms with Crippen LogP contribution in [0.15, 0.2) is 66.9 Å². The smallest absolute Gasteiger partial charge is 0.259 e. The van der Waals surface area contributed by atoms with E-state index in [1.54, 1.807) is 30.3 Å². The molecule has 0 spiro atoms. The maximum absolute atomic E-state index is 13.3. The third-order valence-corrected chi connectivity index (χ3v) is 3.22. The molecular formula is C18H13F2N3O. The highest BCUT2D eigenvalue weighted by Gasteiger charge is 2.13. The maximum Gasteiger partial charge on any atom is 0.259 e. The van der Waals surface area contributed by atoms with E-state index in [2.05, 4.69) is 15.6 Å². The second kappa shape index (κ2) is 6.87. The van der Waals surface area contributed by atoms with Crippen molar-refractivity contribution in [2.24, 2.45) is 0 Å². The molecule has 0 saturated heterocycles. The lowest BCUT2D eigenvalue weighted by Gasteiger charge is -2.11. The number of carbonyl (C=O) groups is 1. The van der Waals surface area contributed by atoms with Gasteiger partial charge in [0.2, 0.25) is 0 Å². The molecule has 0 atom stereocenters. The molecule has 0 radical (unpaired) electrons. The molecule has 0 unspecified atom stereocenters. The fraction of sp³-hybridized carbons (Fsp3) is 0. The SMILES string of the molecule is O=C(Nc1cccc(F)c1)c1cccnc1Nc1cccc(F)c1. The minimum Gasteiger partial charge on any atom is -0.339 e. The predicted octanol–water partition coefficient (Wildman–Crippen LogP) is 4.36. The number of hydrogen-bond donors (Lipinski definition) is 2. The van der Waals surface area contributed by atoms with Gasteiger partial charge in [-0.3, -0.25) is 4.79 Å². The van der Waals surface area contributed by atoms with Crippen LogP contribution >= 0.6 is 0 Å². The van der Waals surface area contributed by atoms with Crippen LogP contribution in [0.5, 0.6) is 0 Å². The van der Waals surface area contributed by atoms with Gasteiger partial charge < -0.3 is 10.6 Å². The Bertz CT molecular complexity index is 883. The van der Waals surface area contributed by atoms with Gasteiger partial charge in [0.1, 0.15) is 17.5 Å². The summed E-state index contributed by atoms with van der Waals surface area (Å²) < 4.78 is 26.5. The van der Waals surface area contributed by atoms with Crippen LogP contribution in [-0.2, 0) is 0 Å². The number of halogens is 2. The molecule has 120 valence electrons. The maximum atomic E-state index is 13.3. The van der Waals surface area contributed by atoms with E-state index in [0.29, 0.717) is 11.4 Å². The highest BCUT2D eigenvalue weighted by atomic mass is 19.1. The summed E-state index contributed by atoms with van der Waals surface area (Å²) in [7, 11) is 0. The molecule has 2 N–H and O–H groups in total. The molecule has 1 amide bonds. The molecule has 3 rings (SSSR count). The number of aromatic nitrogens is 1. The third-order valence-electron chi connectivity index (χ3n) is 3.22. The van der Waals surface area contributed by atoms with E-state index in [4.69, 9.17) is 0 Å². The van der Waals surface area contributed by atoms with E-state index in [0.717, 1.165) is 0 Å². The van der Waals surface area contributed by atoms with E-state index in [-0.39, 0.29) is 11.4 Å². The summed E-state index contributed by atoms with van der Waals surface area (Å²) in [6, 6.07) is 14.6. The molecule has 1 heterocycles. The molecule has 1 aromatic heterocycles. The largest absolute Gasteiger partial charge is 0.339 e. The number of anilines is 3. The highest BCUT2D eigenvalue weighted by Crippen LogP contribution is 2.20. The lowest BCUT2D eigenvalue weighted by Crippen LogP contribution is -2.14. The Morgan fingerprint density at radius 2 is 1.54 bits per heavy atom. The first-order valence-electron chi connectivity index (χ1n) is 7.16. The van der Waals surface area contributed by atoms with Crippen molar-refractivity contribution in [1.82, 2.24) is 4.98 Å². The molecule has 0 aliphatic heterocycles. The zero-order valence-electron chi connectivity index (χ0n) is 12.5. The Morgan fingerprint density at radius 3 is 2.25 bits per heavy atom. The van der Waals surface area contributed by atoms with E-state index < -0.39 is 17.5 Å². The summed E-state index contributed by atoms with van der Waals surface area (Å²) in [4.78, 5) is 16.5. The van der Waals surface area contributed by atoms with Gasteiger partial charge in [-0.1, -0.05) is 12.1 Å². The summed E-state index contributed by atoms with van der Waals surface area (Å²) in [5.41, 5.74) is 1.06. The van der Waals surface area contributed by atoms with Gasteiger partial charge in [0.25, 0.3) is 5.91 Å². The molecule has 0 aliphatic rings. The summed E-state index contributed by atoms with van der Waals surface area (Å²) in [5, 5.41) is 5.51. The Labute approximate surface area is 137 Å². The number of nitrogens with one attached hydrogen (secondary N) is 2. The van der Waals surface area contributed by atoms with Gasteiger partial charge in [0.15, 0.2) is 0 Å². The van der Waals surface area contributed by atoms with E-state index >= 15 is 0 Å². The molecule has 0 fully saturated rings. The van der Waals surface area contributed by atoms with Crippen LogP contribution in [0.3, 0.4) is 0 Å². The Hall–Kier alpha value is -3.28. The van der Waals surface area contributed by atoms with Gasteiger partial charge in [0.05, 0.1) is 5.56 Å². The monoisotopic (exact) mass is 325 g/mol. The van der Waals surface area contributed by atoms with E-state index in [1.807, 2.05) is 0 Å². The van der Waals surface area contributed by atoms with Gasteiger partial charge in [-0.05, 0) is 48.5 Å². The average molecular weight is 325 g/mol. The van der Waals surface area contributed by atoms with E-state index in [9.17, 15) is 13.6 Å². The fourth-order valence-electron chi connectivity index (χ4n) is 2.16. The van der Waals surface area contributed by atoms with Gasteiger partial charge in [-0.25, -0.2) is 13.8 Å². The fourth-order valence-corrected chi connectivity index (χ4v) is 2.16. The van der Waals surface area contributed by atoms with Gasteiger partial charge in [-0.2, -0.15) is 0 Å². The van der Waals surface area contributed by atoms with Crippen LogP contribution in [0, 0.1) is 11.6 Å². The molecule has 0 saturated carbocycles. The second-order valence-electron chi connectivity index (χ2n) is 5.00. The zero-order valence-corrected chi connectivity index (χ0v) is 12.5. The first-order valence-corrected chi connectivity index (χ1v) is 7.16. The molecule has 6 heteroatoms. The standard InChI is InChI=1S/C18H13F2N3O/c19-12-4-1-6-14(10-12)22-17-16(8-3-9-21-17)18(24)23-15-7-2-5-13(20)11-15/h1-11H,(H,21,22)(H,23,24). The Morgan fingerprint density at radius 1 is 0.875 bits per heavy atom. The molecule has 4 nitrogen and oxygen atoms in total. The number of benzene rings is 2. The zero-order chi connectivity index (χ0) is 16.9. The van der Waals surface area contributed by atoms with Crippen LogP contribution in [0.2, 0.25) is 0 Å². The first kappa shape index (κ1) is 15.6. The molecule has 3 aromatic rings. The van der Waals surface area contributed by atoms with Gasteiger partial charge >= 0.3 is 0 Å². The number of amides is 1. The number of pyridine rings is 1. The molecule has 24 heavy (non-hydrogen) atoms. The van der Waals surface area contributed by atoms with Crippen molar-refractivity contribution in [3.63, 3.8) is 0 Å². The molecular weight excluding hydrogens is 312 g/mol. The third kappa shape index (κ3) is 3.73. The molecule has 0 bridgehead atoms. The topological polar surface area (TPSA) is 54.0 Å². The summed E-state index contributed by atoms with van der Waals surface area (Å²) in [6.07, 6.45) is 1.51. The van der Waals surface area contributed by atoms with E-state index in [1.165, 1.54) is 36.5 Å². The highest BCUT2D eigenvalue weighted by molar-refractivity contribution is 6.07. The van der Waals surface area contributed by atoms with Crippen molar-refractivity contribution < 1.29 is 13.6 Å². The van der Waals surface area contributed by atoms with Crippen LogP contribution in [0.4, 0.5) is 26.0 Å². The summed E-state index contributed by atoms with van der Waals surface area (Å²) >= 11 is 0. The number of hydrogen-bond acceptors (Lipinski definition) is 3. The van der Waals surface area contributed by atoms with Crippen LogP contribution < -0.4 is 10.6 Å². The Balaban J connectivity index is 1.84. The van der Waals surface area contributed by atoms with Crippen LogP contribution in [0.25, 0.3) is 0 Å². The van der Waals surface area contributed by atoms with Crippen molar-refractivity contribution >= 4 is 23.1 Å². The summed E-state index contributed by atoms with van der Waals surface area (Å²) in [6.45, 7) is 0. The van der Waals surface area contributed by atoms with Crippen molar-refractivity contribution in [3.05, 3.63) is 84.1 Å². The van der Waals surface area contributed by atoms with Gasteiger partial charge in [0, 0.05) is 17.6 Å². The van der Waals surface area contributed by atoms with Crippen molar-refractivity contribution in [2.75, 3.05) is 10.6 Å². The lowest BCUT2D eigenvalue weighted by molar-refractivity contribution is 0.102. The minimum absolute atomic E-state index is 0.256. The molecule has 2 aromatic carbocycles. The quantitative estimate of drug-likeness (QED) is 0.749. The van der Waals surface area contributed by atoms with Gasteiger partial charge in [-0.15, -0.1) is 0 Å². The van der Waals surface area contributed by atoms with Crippen LogP contribution in [-0.4, -0.2) is 10.9 Å². The normalized spacial score (nSPS) is 10.2. The second-order valence-corrected chi connectivity index (χ2v) is 5.00. The van der Waals surface area contributed by atoms with Crippen molar-refractivity contribution in [2.45, 2.75) is 0 Å². The van der Waals surface area contributed by atoms with Crippen LogP contribution in [0.1, 0.15) is 10.4 Å². The lowest BCUT2D eigenvalue weighted by atomic mass is 10.2. The van der Waals surface area contributed by atoms with Crippen molar-refractivity contribution in [3.8, 4) is 0 Å². The molecule has 0 aliphatic carbocycles. The number of rotatable bonds is 4. The van der Waals surface area contributed by atoms with Crippen molar-refractivity contribution in [1.29, 1.82) is 0 Å². The predicted molar refractivity (Wildman–Crippen MR) is 88.3 cm³/mol. The summed E-state index contributed by atoms with van der Waals surface area (Å²) in [5.74, 6) is -1.02. The minimum atomic E-state index is -0.451. The number of carbonyl (C=O) groups excluding carboxylic acids is 1. The Kier molecular flexibility index (Phi) is 4.47. The first-order chi connectivity index (χ1) is 11.6.